The third-order valence-electron chi connectivity index (χ3n) is 2.56. The van der Waals surface area contributed by atoms with Crippen LogP contribution in [0.3, 0.4) is 0 Å². The highest BCUT2D eigenvalue weighted by atomic mass is 127. The highest BCUT2D eigenvalue weighted by Gasteiger charge is 2.11. The molecule has 0 saturated heterocycles. The summed E-state index contributed by atoms with van der Waals surface area (Å²) in [4.78, 5) is 23.4. The maximum Gasteiger partial charge on any atom is 0.338 e. The van der Waals surface area contributed by atoms with Gasteiger partial charge in [-0.25, -0.2) is 9.18 Å². The Hall–Kier alpha value is -1.96. The van der Waals surface area contributed by atoms with Crippen LogP contribution < -0.4 is 5.32 Å². The molecule has 1 amide bonds. The van der Waals surface area contributed by atoms with Gasteiger partial charge in [-0.2, -0.15) is 0 Å². The fourth-order valence-electron chi connectivity index (χ4n) is 1.55. The lowest BCUT2D eigenvalue weighted by Gasteiger charge is -2.08. The summed E-state index contributed by atoms with van der Waals surface area (Å²) >= 11 is 2.09. The first-order valence-corrected chi connectivity index (χ1v) is 7.11. The lowest BCUT2D eigenvalue weighted by molar-refractivity contribution is -0.119. The molecule has 6 heteroatoms. The van der Waals surface area contributed by atoms with Crippen LogP contribution in [0.25, 0.3) is 0 Å². The van der Waals surface area contributed by atoms with E-state index < -0.39 is 24.3 Å². The van der Waals surface area contributed by atoms with Crippen molar-refractivity contribution >= 4 is 40.2 Å². The highest BCUT2D eigenvalue weighted by Crippen LogP contribution is 2.16. The number of rotatable bonds is 4. The number of hydrogen-bond acceptors (Lipinski definition) is 3. The van der Waals surface area contributed by atoms with E-state index in [1.165, 1.54) is 12.1 Å². The smallest absolute Gasteiger partial charge is 0.338 e. The van der Waals surface area contributed by atoms with Gasteiger partial charge in [0.25, 0.3) is 5.91 Å². The Labute approximate surface area is 134 Å². The predicted molar refractivity (Wildman–Crippen MR) is 84.5 cm³/mol. The zero-order valence-corrected chi connectivity index (χ0v) is 13.0. The molecule has 0 aliphatic carbocycles. The zero-order valence-electron chi connectivity index (χ0n) is 10.8. The second-order valence-corrected chi connectivity index (χ2v) is 5.27. The van der Waals surface area contributed by atoms with Gasteiger partial charge in [0.15, 0.2) is 6.61 Å². The molecular weight excluding hydrogens is 388 g/mol. The number of amides is 1. The number of nitrogens with one attached hydrogen (secondary N) is 1. The molecule has 2 aromatic rings. The molecule has 0 bridgehead atoms. The highest BCUT2D eigenvalue weighted by molar-refractivity contribution is 14.1. The summed E-state index contributed by atoms with van der Waals surface area (Å²) in [5.41, 5.74) is 0.847. The summed E-state index contributed by atoms with van der Waals surface area (Å²) in [7, 11) is 0. The van der Waals surface area contributed by atoms with Crippen molar-refractivity contribution < 1.29 is 18.7 Å². The second-order valence-electron chi connectivity index (χ2n) is 4.11. The number of esters is 1. The number of carbonyl (C=O) groups is 2. The minimum absolute atomic E-state index is 0.193. The number of para-hydroxylation sites is 1. The first kappa shape index (κ1) is 15.4. The van der Waals surface area contributed by atoms with Gasteiger partial charge in [-0.1, -0.05) is 12.1 Å². The van der Waals surface area contributed by atoms with Crippen LogP contribution in [0.4, 0.5) is 10.1 Å². The summed E-state index contributed by atoms with van der Waals surface area (Å²) in [6.07, 6.45) is 0. The number of anilines is 1. The molecule has 0 spiro atoms. The van der Waals surface area contributed by atoms with Gasteiger partial charge < -0.3 is 10.1 Å². The van der Waals surface area contributed by atoms with Crippen molar-refractivity contribution in [3.8, 4) is 0 Å². The van der Waals surface area contributed by atoms with Crippen molar-refractivity contribution in [3.05, 3.63) is 63.5 Å². The van der Waals surface area contributed by atoms with Crippen LogP contribution >= 0.6 is 22.6 Å². The zero-order chi connectivity index (χ0) is 15.2. The van der Waals surface area contributed by atoms with E-state index >= 15 is 0 Å². The molecule has 0 radical (unpaired) electrons. The molecule has 0 aromatic heterocycles. The SMILES string of the molecule is O=C(COC(=O)c1ccc(F)cc1)Nc1ccccc1I. The van der Waals surface area contributed by atoms with Gasteiger partial charge in [0.05, 0.1) is 11.3 Å². The van der Waals surface area contributed by atoms with Gasteiger partial charge in [-0.15, -0.1) is 0 Å². The maximum atomic E-state index is 12.7. The minimum atomic E-state index is -0.673. The molecule has 4 nitrogen and oxygen atoms in total. The fourth-order valence-corrected chi connectivity index (χ4v) is 2.07. The number of hydrogen-bond donors (Lipinski definition) is 1. The molecule has 0 aliphatic heterocycles. The van der Waals surface area contributed by atoms with Crippen molar-refractivity contribution in [1.82, 2.24) is 0 Å². The Bertz CT molecular complexity index is 658. The quantitative estimate of drug-likeness (QED) is 0.635. The first-order chi connectivity index (χ1) is 10.1. The molecular formula is C15H11FINO3. The molecule has 0 heterocycles. The van der Waals surface area contributed by atoms with Crippen LogP contribution in [0.5, 0.6) is 0 Å². The fraction of sp³-hybridized carbons (Fsp3) is 0.0667. The van der Waals surface area contributed by atoms with Gasteiger partial charge in [-0.05, 0) is 59.0 Å². The molecule has 0 aliphatic rings. The van der Waals surface area contributed by atoms with Crippen LogP contribution in [0, 0.1) is 9.39 Å². The van der Waals surface area contributed by atoms with E-state index in [1.807, 2.05) is 12.1 Å². The molecule has 2 aromatic carbocycles. The summed E-state index contributed by atoms with van der Waals surface area (Å²) < 4.78 is 18.5. The Morgan fingerprint density at radius 3 is 2.43 bits per heavy atom. The summed E-state index contributed by atoms with van der Waals surface area (Å²) in [5.74, 6) is -1.55. The van der Waals surface area contributed by atoms with Crippen molar-refractivity contribution in [3.63, 3.8) is 0 Å². The van der Waals surface area contributed by atoms with Gasteiger partial charge in [-0.3, -0.25) is 4.79 Å². The van der Waals surface area contributed by atoms with Crippen molar-refractivity contribution in [1.29, 1.82) is 0 Å². The summed E-state index contributed by atoms with van der Waals surface area (Å²) in [6.45, 7) is -0.402. The van der Waals surface area contributed by atoms with E-state index in [2.05, 4.69) is 27.9 Å². The van der Waals surface area contributed by atoms with Gasteiger partial charge >= 0.3 is 5.97 Å². The Kier molecular flexibility index (Phi) is 5.26. The Morgan fingerprint density at radius 1 is 1.10 bits per heavy atom. The lowest BCUT2D eigenvalue weighted by atomic mass is 10.2. The van der Waals surface area contributed by atoms with E-state index in [0.29, 0.717) is 5.69 Å². The van der Waals surface area contributed by atoms with Gasteiger partial charge in [0.1, 0.15) is 5.82 Å². The van der Waals surface area contributed by atoms with Gasteiger partial charge in [0, 0.05) is 3.57 Å². The molecule has 0 saturated carbocycles. The predicted octanol–water partition coefficient (Wildman–Crippen LogP) is 3.23. The molecule has 108 valence electrons. The van der Waals surface area contributed by atoms with Crippen molar-refractivity contribution in [2.24, 2.45) is 0 Å². The van der Waals surface area contributed by atoms with E-state index in [4.69, 9.17) is 4.74 Å². The molecule has 2 rings (SSSR count). The lowest BCUT2D eigenvalue weighted by Crippen LogP contribution is -2.21. The topological polar surface area (TPSA) is 55.4 Å². The van der Waals surface area contributed by atoms with Crippen LogP contribution in [-0.2, 0) is 9.53 Å². The van der Waals surface area contributed by atoms with Crippen LogP contribution in [0.15, 0.2) is 48.5 Å². The number of ether oxygens (including phenoxy) is 1. The second kappa shape index (κ2) is 7.16. The third kappa shape index (κ3) is 4.52. The molecule has 1 N–H and O–H groups in total. The maximum absolute atomic E-state index is 12.7. The normalized spacial score (nSPS) is 10.0. The van der Waals surface area contributed by atoms with E-state index in [1.54, 1.807) is 12.1 Å². The first-order valence-electron chi connectivity index (χ1n) is 6.03. The Balaban J connectivity index is 1.88. The molecule has 0 atom stereocenters. The van der Waals surface area contributed by atoms with Crippen molar-refractivity contribution in [2.75, 3.05) is 11.9 Å². The average Bonchev–Trinajstić information content (AvgIpc) is 2.48. The number of carbonyl (C=O) groups excluding carboxylic acids is 2. The standard InChI is InChI=1S/C15H11FINO3/c16-11-7-5-10(6-8-11)15(20)21-9-14(19)18-13-4-2-1-3-12(13)17/h1-8H,9H2,(H,18,19). The molecule has 0 unspecified atom stereocenters. The number of halogens is 2. The monoisotopic (exact) mass is 399 g/mol. The van der Waals surface area contributed by atoms with E-state index in [0.717, 1.165) is 15.7 Å². The Morgan fingerprint density at radius 2 is 1.76 bits per heavy atom. The summed E-state index contributed by atoms with van der Waals surface area (Å²) in [6, 6.07) is 12.2. The molecule has 21 heavy (non-hydrogen) atoms. The largest absolute Gasteiger partial charge is 0.452 e. The average molecular weight is 399 g/mol. The van der Waals surface area contributed by atoms with Gasteiger partial charge in [0.2, 0.25) is 0 Å². The van der Waals surface area contributed by atoms with E-state index in [9.17, 15) is 14.0 Å². The van der Waals surface area contributed by atoms with Crippen LogP contribution in [-0.4, -0.2) is 18.5 Å². The molecule has 0 fully saturated rings. The summed E-state index contributed by atoms with van der Waals surface area (Å²) in [5, 5.41) is 2.64. The van der Waals surface area contributed by atoms with Crippen molar-refractivity contribution in [2.45, 2.75) is 0 Å². The third-order valence-corrected chi connectivity index (χ3v) is 3.50. The van der Waals surface area contributed by atoms with Crippen LogP contribution in [0.2, 0.25) is 0 Å². The van der Waals surface area contributed by atoms with Crippen LogP contribution in [0.1, 0.15) is 10.4 Å². The minimum Gasteiger partial charge on any atom is -0.452 e. The van der Waals surface area contributed by atoms with E-state index in [-0.39, 0.29) is 5.56 Å². The number of benzene rings is 2.